The molecular formula is C17H27N3O3S. The van der Waals surface area contributed by atoms with Gasteiger partial charge in [-0.15, -0.1) is 0 Å². The van der Waals surface area contributed by atoms with Crippen LogP contribution in [0.25, 0.3) is 0 Å². The highest BCUT2D eigenvalue weighted by Crippen LogP contribution is 2.22. The maximum absolute atomic E-state index is 11.9. The maximum Gasteiger partial charge on any atom is 0.224 e. The van der Waals surface area contributed by atoms with E-state index >= 15 is 0 Å². The number of nitrogens with two attached hydrogens (primary N) is 1. The molecule has 1 amide bonds. The van der Waals surface area contributed by atoms with Gasteiger partial charge in [-0.3, -0.25) is 4.79 Å². The Morgan fingerprint density at radius 2 is 1.88 bits per heavy atom. The number of piperidine rings is 1. The number of carbonyl (C=O) groups excluding carboxylic acids is 1. The quantitative estimate of drug-likeness (QED) is 0.801. The summed E-state index contributed by atoms with van der Waals surface area (Å²) in [5, 5.41) is 3.05. The minimum Gasteiger partial charge on any atom is -0.371 e. The van der Waals surface area contributed by atoms with Crippen molar-refractivity contribution in [3.05, 3.63) is 24.3 Å². The Morgan fingerprint density at radius 1 is 1.29 bits per heavy atom. The number of hydrogen-bond acceptors (Lipinski definition) is 5. The molecule has 0 aliphatic carbocycles. The van der Waals surface area contributed by atoms with Crippen molar-refractivity contribution in [3.8, 4) is 0 Å². The van der Waals surface area contributed by atoms with Crippen molar-refractivity contribution in [1.82, 2.24) is 5.32 Å². The molecule has 1 heterocycles. The first kappa shape index (κ1) is 18.7. The standard InChI is InChI=1S/C17H27N3O3S/c1-3-24(22,23)16-6-4-15(5-7-16)20-10-8-14(9-11-20)19-17(21)13(2)12-18/h4-7,13-14H,3,8-12,18H2,1-2H3,(H,19,21). The second-order valence-corrected chi connectivity index (χ2v) is 8.58. The van der Waals surface area contributed by atoms with Crippen molar-refractivity contribution in [1.29, 1.82) is 0 Å². The summed E-state index contributed by atoms with van der Waals surface area (Å²) in [6.45, 7) is 5.51. The van der Waals surface area contributed by atoms with Gasteiger partial charge in [0.2, 0.25) is 5.91 Å². The molecule has 1 fully saturated rings. The Labute approximate surface area is 144 Å². The van der Waals surface area contributed by atoms with Crippen LogP contribution in [0.2, 0.25) is 0 Å². The zero-order valence-electron chi connectivity index (χ0n) is 14.4. The maximum atomic E-state index is 11.9. The highest BCUT2D eigenvalue weighted by Gasteiger charge is 2.22. The summed E-state index contributed by atoms with van der Waals surface area (Å²) in [5.41, 5.74) is 6.54. The third kappa shape index (κ3) is 4.48. The second kappa shape index (κ2) is 7.98. The summed E-state index contributed by atoms with van der Waals surface area (Å²) in [6.07, 6.45) is 1.75. The van der Waals surface area contributed by atoms with Crippen molar-refractivity contribution in [2.75, 3.05) is 30.3 Å². The molecule has 0 spiro atoms. The van der Waals surface area contributed by atoms with Gasteiger partial charge in [-0.2, -0.15) is 0 Å². The summed E-state index contributed by atoms with van der Waals surface area (Å²) in [5.74, 6) is -0.0280. The number of amides is 1. The van der Waals surface area contributed by atoms with Gasteiger partial charge in [0.05, 0.1) is 10.6 Å². The first-order chi connectivity index (χ1) is 11.4. The molecule has 0 radical (unpaired) electrons. The third-order valence-corrected chi connectivity index (χ3v) is 6.33. The predicted molar refractivity (Wildman–Crippen MR) is 95.8 cm³/mol. The minimum atomic E-state index is -3.15. The van der Waals surface area contributed by atoms with Crippen molar-refractivity contribution in [2.24, 2.45) is 11.7 Å². The fourth-order valence-corrected chi connectivity index (χ4v) is 3.65. The van der Waals surface area contributed by atoms with Crippen LogP contribution in [0, 0.1) is 5.92 Å². The van der Waals surface area contributed by atoms with Crippen molar-refractivity contribution in [3.63, 3.8) is 0 Å². The highest BCUT2D eigenvalue weighted by molar-refractivity contribution is 7.91. The van der Waals surface area contributed by atoms with Gasteiger partial charge < -0.3 is 16.0 Å². The SMILES string of the molecule is CCS(=O)(=O)c1ccc(N2CCC(NC(=O)C(C)CN)CC2)cc1. The van der Waals surface area contributed by atoms with E-state index in [2.05, 4.69) is 10.2 Å². The molecule has 1 aliphatic heterocycles. The number of anilines is 1. The zero-order valence-corrected chi connectivity index (χ0v) is 15.2. The Balaban J connectivity index is 1.92. The summed E-state index contributed by atoms with van der Waals surface area (Å²) in [6, 6.07) is 7.24. The van der Waals surface area contributed by atoms with E-state index in [0.717, 1.165) is 31.6 Å². The van der Waals surface area contributed by atoms with Crippen molar-refractivity contribution < 1.29 is 13.2 Å². The zero-order chi connectivity index (χ0) is 17.7. The summed E-state index contributed by atoms with van der Waals surface area (Å²) < 4.78 is 23.7. The number of benzene rings is 1. The lowest BCUT2D eigenvalue weighted by Crippen LogP contribution is -2.46. The van der Waals surface area contributed by atoms with E-state index in [1.807, 2.05) is 19.1 Å². The molecule has 1 unspecified atom stereocenters. The van der Waals surface area contributed by atoms with Crippen LogP contribution in [0.3, 0.4) is 0 Å². The number of sulfone groups is 1. The Kier molecular flexibility index (Phi) is 6.23. The molecule has 0 saturated carbocycles. The fraction of sp³-hybridized carbons (Fsp3) is 0.588. The number of nitrogens with zero attached hydrogens (tertiary/aromatic N) is 1. The monoisotopic (exact) mass is 353 g/mol. The largest absolute Gasteiger partial charge is 0.371 e. The Morgan fingerprint density at radius 3 is 2.38 bits per heavy atom. The van der Waals surface area contributed by atoms with Crippen LogP contribution in [0.1, 0.15) is 26.7 Å². The van der Waals surface area contributed by atoms with Crippen LogP contribution in [0.5, 0.6) is 0 Å². The molecule has 24 heavy (non-hydrogen) atoms. The number of rotatable bonds is 6. The summed E-state index contributed by atoms with van der Waals surface area (Å²) >= 11 is 0. The van der Waals surface area contributed by atoms with Crippen molar-refractivity contribution >= 4 is 21.4 Å². The molecule has 0 aromatic heterocycles. The van der Waals surface area contributed by atoms with Gasteiger partial charge in [-0.1, -0.05) is 13.8 Å². The lowest BCUT2D eigenvalue weighted by molar-refractivity contribution is -0.125. The van der Waals surface area contributed by atoms with Crippen LogP contribution < -0.4 is 16.0 Å². The molecule has 0 bridgehead atoms. The molecule has 3 N–H and O–H groups in total. The molecule has 1 aromatic rings. The normalized spacial score (nSPS) is 17.5. The average Bonchev–Trinajstić information content (AvgIpc) is 2.61. The summed E-state index contributed by atoms with van der Waals surface area (Å²) in [4.78, 5) is 14.5. The molecule has 1 aliphatic rings. The van der Waals surface area contributed by atoms with Crippen LogP contribution in [0.15, 0.2) is 29.2 Å². The van der Waals surface area contributed by atoms with Crippen LogP contribution >= 0.6 is 0 Å². The summed E-state index contributed by atoms with van der Waals surface area (Å²) in [7, 11) is -3.15. The number of carbonyl (C=O) groups is 1. The average molecular weight is 353 g/mol. The molecular weight excluding hydrogens is 326 g/mol. The topological polar surface area (TPSA) is 92.5 Å². The van der Waals surface area contributed by atoms with Crippen molar-refractivity contribution in [2.45, 2.75) is 37.6 Å². The first-order valence-corrected chi connectivity index (χ1v) is 10.1. The molecule has 2 rings (SSSR count). The van der Waals surface area contributed by atoms with E-state index < -0.39 is 9.84 Å². The van der Waals surface area contributed by atoms with Crippen LogP contribution in [-0.2, 0) is 14.6 Å². The van der Waals surface area contributed by atoms with Gasteiger partial charge in [0.1, 0.15) is 0 Å². The lowest BCUT2D eigenvalue weighted by Gasteiger charge is -2.34. The van der Waals surface area contributed by atoms with E-state index in [9.17, 15) is 13.2 Å². The fourth-order valence-electron chi connectivity index (χ4n) is 2.76. The van der Waals surface area contributed by atoms with Gasteiger partial charge in [0.15, 0.2) is 9.84 Å². The highest BCUT2D eigenvalue weighted by atomic mass is 32.2. The second-order valence-electron chi connectivity index (χ2n) is 6.30. The first-order valence-electron chi connectivity index (χ1n) is 8.45. The molecule has 7 heteroatoms. The molecule has 1 atom stereocenters. The molecule has 1 aromatic carbocycles. The predicted octanol–water partition coefficient (Wildman–Crippen LogP) is 1.16. The lowest BCUT2D eigenvalue weighted by atomic mass is 10.0. The van der Waals surface area contributed by atoms with Gasteiger partial charge in [0, 0.05) is 37.3 Å². The Bertz CT molecular complexity index is 650. The van der Waals surface area contributed by atoms with Gasteiger partial charge in [0.25, 0.3) is 0 Å². The van der Waals surface area contributed by atoms with Gasteiger partial charge in [-0.25, -0.2) is 8.42 Å². The molecule has 134 valence electrons. The Hall–Kier alpha value is -1.60. The van der Waals surface area contributed by atoms with Gasteiger partial charge in [-0.05, 0) is 37.1 Å². The number of hydrogen-bond donors (Lipinski definition) is 2. The molecule has 6 nitrogen and oxygen atoms in total. The number of nitrogens with one attached hydrogen (secondary N) is 1. The smallest absolute Gasteiger partial charge is 0.224 e. The van der Waals surface area contributed by atoms with E-state index in [-0.39, 0.29) is 23.6 Å². The van der Waals surface area contributed by atoms with Crippen LogP contribution in [-0.4, -0.2) is 45.8 Å². The van der Waals surface area contributed by atoms with E-state index in [0.29, 0.717) is 11.4 Å². The third-order valence-electron chi connectivity index (χ3n) is 4.58. The van der Waals surface area contributed by atoms with E-state index in [1.54, 1.807) is 19.1 Å². The van der Waals surface area contributed by atoms with E-state index in [4.69, 9.17) is 5.73 Å². The minimum absolute atomic E-state index is 0.0186. The van der Waals surface area contributed by atoms with E-state index in [1.165, 1.54) is 0 Å². The molecule has 1 saturated heterocycles. The van der Waals surface area contributed by atoms with Crippen LogP contribution in [0.4, 0.5) is 5.69 Å². The van der Waals surface area contributed by atoms with Gasteiger partial charge >= 0.3 is 0 Å².